The number of hydrogen-bond donors (Lipinski definition) is 0. The lowest BCUT2D eigenvalue weighted by molar-refractivity contribution is -0.142. The van der Waals surface area contributed by atoms with E-state index >= 15 is 0 Å². The second kappa shape index (κ2) is 16.1. The van der Waals surface area contributed by atoms with Crippen molar-refractivity contribution in [3.05, 3.63) is 32.2 Å². The van der Waals surface area contributed by atoms with E-state index in [0.29, 0.717) is 37.1 Å². The molecular weight excluding hydrogens is 472 g/mol. The molecule has 0 atom stereocenters. The minimum absolute atomic E-state index is 0.00766. The Morgan fingerprint density at radius 2 is 1.30 bits per heavy atom. The van der Waals surface area contributed by atoms with Gasteiger partial charge in [0.25, 0.3) is 0 Å². The molecule has 0 N–H and O–H groups in total. The molecular formula is C21H28N2O8S2. The smallest absolute Gasteiger partial charge is 0.357 e. The van der Waals surface area contributed by atoms with Crippen LogP contribution in [0.2, 0.25) is 0 Å². The van der Waals surface area contributed by atoms with E-state index in [0.717, 1.165) is 11.3 Å². The first kappa shape index (κ1) is 28.5. The summed E-state index contributed by atoms with van der Waals surface area (Å²) in [5.41, 5.74) is 0.736. The molecule has 10 nitrogen and oxygen atoms in total. The highest BCUT2D eigenvalue weighted by molar-refractivity contribution is 7.12. The molecule has 2 heterocycles. The van der Waals surface area contributed by atoms with Gasteiger partial charge in [0.15, 0.2) is 15.7 Å². The van der Waals surface area contributed by atoms with Crippen molar-refractivity contribution < 1.29 is 38.1 Å². The molecule has 0 unspecified atom stereocenters. The topological polar surface area (TPSA) is 131 Å². The van der Waals surface area contributed by atoms with Gasteiger partial charge in [-0.15, -0.1) is 22.7 Å². The summed E-state index contributed by atoms with van der Waals surface area (Å²) in [6.07, 6.45) is 0.103. The van der Waals surface area contributed by atoms with Crippen LogP contribution in [0.3, 0.4) is 0 Å². The highest BCUT2D eigenvalue weighted by Gasteiger charge is 2.16. The van der Waals surface area contributed by atoms with Crippen molar-refractivity contribution in [2.75, 3.05) is 39.6 Å². The average Bonchev–Trinajstić information content (AvgIpc) is 3.47. The fourth-order valence-electron chi connectivity index (χ4n) is 2.09. The van der Waals surface area contributed by atoms with Crippen molar-refractivity contribution in [3.8, 4) is 0 Å². The largest absolute Gasteiger partial charge is 0.466 e. The first-order valence-electron chi connectivity index (χ1n) is 10.3. The van der Waals surface area contributed by atoms with E-state index in [4.69, 9.17) is 18.9 Å². The quantitative estimate of drug-likeness (QED) is 0.299. The van der Waals surface area contributed by atoms with Crippen LogP contribution < -0.4 is 0 Å². The van der Waals surface area contributed by atoms with E-state index in [1.165, 1.54) is 16.7 Å². The Morgan fingerprint density at radius 3 is 1.85 bits per heavy atom. The Bertz CT molecular complexity index is 910. The molecule has 182 valence electrons. The second-order valence-electron chi connectivity index (χ2n) is 6.00. The van der Waals surface area contributed by atoms with Gasteiger partial charge in [0.2, 0.25) is 11.6 Å². The maximum absolute atomic E-state index is 11.5. The molecule has 0 aliphatic rings. The summed E-state index contributed by atoms with van der Waals surface area (Å²) < 4.78 is 19.5. The van der Waals surface area contributed by atoms with Crippen LogP contribution in [-0.2, 0) is 30.2 Å². The van der Waals surface area contributed by atoms with Gasteiger partial charge in [-0.25, -0.2) is 14.8 Å². The predicted octanol–water partition coefficient (Wildman–Crippen LogP) is 3.01. The molecule has 0 amide bonds. The number of thiazole rings is 2. The summed E-state index contributed by atoms with van der Waals surface area (Å²) in [6.45, 7) is 8.71. The SMILES string of the molecule is CCOCC(=O)c1nc(C(=O)OCC)cs1.CCOCC(=O)c1nc(CC(=O)OCC)cs1. The number of rotatable bonds is 13. The molecule has 0 aliphatic carbocycles. The number of carbonyl (C=O) groups excluding carboxylic acids is 4. The number of ether oxygens (including phenoxy) is 4. The highest BCUT2D eigenvalue weighted by atomic mass is 32.1. The minimum atomic E-state index is -0.505. The highest BCUT2D eigenvalue weighted by Crippen LogP contribution is 2.12. The van der Waals surface area contributed by atoms with E-state index in [1.54, 1.807) is 26.2 Å². The van der Waals surface area contributed by atoms with Crippen molar-refractivity contribution in [2.24, 2.45) is 0 Å². The number of hydrogen-bond acceptors (Lipinski definition) is 12. The minimum Gasteiger partial charge on any atom is -0.466 e. The van der Waals surface area contributed by atoms with Crippen molar-refractivity contribution in [1.29, 1.82) is 0 Å². The molecule has 2 rings (SSSR count). The Balaban J connectivity index is 0.000000331. The van der Waals surface area contributed by atoms with E-state index < -0.39 is 5.97 Å². The fourth-order valence-corrected chi connectivity index (χ4v) is 3.55. The zero-order chi connectivity index (χ0) is 24.6. The third kappa shape index (κ3) is 10.7. The van der Waals surface area contributed by atoms with Crippen molar-refractivity contribution in [3.63, 3.8) is 0 Å². The van der Waals surface area contributed by atoms with E-state index in [-0.39, 0.29) is 47.9 Å². The van der Waals surface area contributed by atoms with Gasteiger partial charge < -0.3 is 18.9 Å². The third-order valence-electron chi connectivity index (χ3n) is 3.52. The predicted molar refractivity (Wildman–Crippen MR) is 122 cm³/mol. The number of ketones is 2. The molecule has 0 saturated carbocycles. The Labute approximate surface area is 200 Å². The standard InChI is InChI=1S/C11H15NO4S.C10H13NO4S/c1-3-15-6-9(13)11-12-8(7-17-11)5-10(14)16-4-2;1-3-14-5-8(12)9-11-7(6-16-9)10(13)15-4-2/h7H,3-6H2,1-2H3;6H,3-5H2,1-2H3. The molecule has 33 heavy (non-hydrogen) atoms. The molecule has 0 fully saturated rings. The first-order chi connectivity index (χ1) is 15.9. The van der Waals surface area contributed by atoms with E-state index in [9.17, 15) is 19.2 Å². The maximum Gasteiger partial charge on any atom is 0.357 e. The number of carbonyl (C=O) groups is 4. The molecule has 0 spiro atoms. The summed E-state index contributed by atoms with van der Waals surface area (Å²) in [6, 6.07) is 0. The number of Topliss-reactive ketones (excluding diaryl/α,β-unsaturated/α-hetero) is 2. The van der Waals surface area contributed by atoms with Crippen LogP contribution in [0.5, 0.6) is 0 Å². The summed E-state index contributed by atoms with van der Waals surface area (Å²) in [5, 5.41) is 3.85. The lowest BCUT2D eigenvalue weighted by atomic mass is 10.3. The Morgan fingerprint density at radius 1 is 0.758 bits per heavy atom. The summed E-state index contributed by atoms with van der Waals surface area (Å²) in [4.78, 5) is 53.4. The number of esters is 2. The molecule has 0 bridgehead atoms. The van der Waals surface area contributed by atoms with Gasteiger partial charge in [0, 0.05) is 24.0 Å². The summed E-state index contributed by atoms with van der Waals surface area (Å²) in [7, 11) is 0. The molecule has 2 aromatic rings. The van der Waals surface area contributed by atoms with Crippen LogP contribution in [0, 0.1) is 0 Å². The molecule has 0 aromatic carbocycles. The molecule has 0 saturated heterocycles. The lowest BCUT2D eigenvalue weighted by Gasteiger charge is -1.98. The van der Waals surface area contributed by atoms with Crippen LogP contribution >= 0.6 is 22.7 Å². The molecule has 0 radical (unpaired) electrons. The zero-order valence-corrected chi connectivity index (χ0v) is 20.7. The van der Waals surface area contributed by atoms with E-state index in [2.05, 4.69) is 9.97 Å². The van der Waals surface area contributed by atoms with Crippen LogP contribution in [0.4, 0.5) is 0 Å². The van der Waals surface area contributed by atoms with Gasteiger partial charge in [-0.05, 0) is 27.7 Å². The lowest BCUT2D eigenvalue weighted by Crippen LogP contribution is -2.10. The Kier molecular flexibility index (Phi) is 13.9. The van der Waals surface area contributed by atoms with Crippen molar-refractivity contribution in [2.45, 2.75) is 34.1 Å². The second-order valence-corrected chi connectivity index (χ2v) is 7.72. The van der Waals surface area contributed by atoms with Gasteiger partial charge in [0.1, 0.15) is 13.2 Å². The van der Waals surface area contributed by atoms with E-state index in [1.807, 2.05) is 6.92 Å². The van der Waals surface area contributed by atoms with Gasteiger partial charge >= 0.3 is 11.9 Å². The molecule has 0 aliphatic heterocycles. The van der Waals surface area contributed by atoms with Crippen LogP contribution in [-0.4, -0.2) is 73.1 Å². The van der Waals surface area contributed by atoms with Crippen molar-refractivity contribution >= 4 is 46.2 Å². The summed E-state index contributed by atoms with van der Waals surface area (Å²) in [5.74, 6) is -1.22. The monoisotopic (exact) mass is 500 g/mol. The third-order valence-corrected chi connectivity index (χ3v) is 5.34. The summed E-state index contributed by atoms with van der Waals surface area (Å²) >= 11 is 2.34. The first-order valence-corrected chi connectivity index (χ1v) is 12.1. The number of nitrogens with zero attached hydrogens (tertiary/aromatic N) is 2. The van der Waals surface area contributed by atoms with Gasteiger partial charge in [0.05, 0.1) is 25.3 Å². The van der Waals surface area contributed by atoms with Gasteiger partial charge in [-0.1, -0.05) is 0 Å². The maximum atomic E-state index is 11.5. The van der Waals surface area contributed by atoms with Gasteiger partial charge in [-0.3, -0.25) is 14.4 Å². The molecule has 2 aromatic heterocycles. The average molecular weight is 501 g/mol. The molecule has 12 heteroatoms. The van der Waals surface area contributed by atoms with Crippen LogP contribution in [0.1, 0.15) is 63.5 Å². The normalized spacial score (nSPS) is 10.2. The van der Waals surface area contributed by atoms with Crippen LogP contribution in [0.25, 0.3) is 0 Å². The zero-order valence-electron chi connectivity index (χ0n) is 19.1. The Hall–Kier alpha value is -2.54. The van der Waals surface area contributed by atoms with Gasteiger partial charge in [-0.2, -0.15) is 0 Å². The number of aromatic nitrogens is 2. The fraction of sp³-hybridized carbons (Fsp3) is 0.524. The van der Waals surface area contributed by atoms with Crippen LogP contribution in [0.15, 0.2) is 10.8 Å². The van der Waals surface area contributed by atoms with Crippen molar-refractivity contribution in [1.82, 2.24) is 9.97 Å².